The normalized spacial score (nSPS) is 19.4. The molecule has 2 rings (SSSR count). The number of alkyl carbamates (subject to hydrolysis) is 1. The first-order valence-corrected chi connectivity index (χ1v) is 12.2. The average molecular weight is 550 g/mol. The molecule has 0 aliphatic carbocycles. The summed E-state index contributed by atoms with van der Waals surface area (Å²) in [6.07, 6.45) is -7.43. The molecule has 0 bridgehead atoms. The van der Waals surface area contributed by atoms with E-state index < -0.39 is 66.1 Å². The van der Waals surface area contributed by atoms with Crippen LogP contribution >= 0.6 is 11.6 Å². The molecule has 3 N–H and O–H groups in total. The molecule has 1 saturated heterocycles. The number of aliphatic hydroxyl groups excluding tert-OH is 1. The largest absolute Gasteiger partial charge is 0.444 e. The predicted octanol–water partition coefficient (Wildman–Crippen LogP) is 4.17. The lowest BCUT2D eigenvalue weighted by molar-refractivity contribution is -0.172. The maximum atomic E-state index is 13.5. The summed E-state index contributed by atoms with van der Waals surface area (Å²) >= 11 is 6.09. The lowest BCUT2D eigenvalue weighted by Gasteiger charge is -2.31. The molecule has 12 heteroatoms. The minimum absolute atomic E-state index is 0.0548. The van der Waals surface area contributed by atoms with Crippen molar-refractivity contribution in [2.75, 3.05) is 6.54 Å². The van der Waals surface area contributed by atoms with Crippen LogP contribution in [0.15, 0.2) is 18.2 Å². The third kappa shape index (κ3) is 8.77. The van der Waals surface area contributed by atoms with Crippen molar-refractivity contribution in [1.29, 1.82) is 0 Å². The summed E-state index contributed by atoms with van der Waals surface area (Å²) < 4.78 is 45.6. The number of halogens is 4. The summed E-state index contributed by atoms with van der Waals surface area (Å²) in [7, 11) is 0. The molecule has 3 amide bonds. The fourth-order valence-corrected chi connectivity index (χ4v) is 4.00. The zero-order valence-corrected chi connectivity index (χ0v) is 22.6. The lowest BCUT2D eigenvalue weighted by atomic mass is 9.88. The zero-order chi connectivity index (χ0) is 28.3. The molecule has 1 aromatic rings. The van der Waals surface area contributed by atoms with E-state index in [2.05, 4.69) is 10.6 Å². The SMILES string of the molecule is CC(C)(C)OC(=O)NCc1ccc(Cl)cc1CNC(=O)[C@@H]1C[C@H](C(F)(F)F)CN1C(=O)[C@@H](O)C(C)(C)C. The first-order chi connectivity index (χ1) is 16.8. The molecule has 8 nitrogen and oxygen atoms in total. The molecule has 208 valence electrons. The van der Waals surface area contributed by atoms with Crippen LogP contribution in [0.3, 0.4) is 0 Å². The summed E-state index contributed by atoms with van der Waals surface area (Å²) in [6, 6.07) is 3.40. The molecule has 1 heterocycles. The third-order valence-corrected chi connectivity index (χ3v) is 6.08. The highest BCUT2D eigenvalue weighted by Crippen LogP contribution is 2.38. The Morgan fingerprint density at radius 2 is 1.68 bits per heavy atom. The summed E-state index contributed by atoms with van der Waals surface area (Å²) in [4.78, 5) is 38.7. The molecule has 0 saturated carbocycles. The number of aliphatic hydroxyl groups is 1. The fraction of sp³-hybridized carbons (Fsp3) is 0.640. The summed E-state index contributed by atoms with van der Waals surface area (Å²) in [5.74, 6) is -3.60. The molecule has 0 aromatic heterocycles. The maximum Gasteiger partial charge on any atom is 0.407 e. The van der Waals surface area contributed by atoms with Crippen LogP contribution in [0.4, 0.5) is 18.0 Å². The average Bonchev–Trinajstić information content (AvgIpc) is 3.20. The van der Waals surface area contributed by atoms with E-state index in [1.165, 1.54) is 0 Å². The van der Waals surface area contributed by atoms with Crippen LogP contribution in [0.5, 0.6) is 0 Å². The number of amides is 3. The lowest BCUT2D eigenvalue weighted by Crippen LogP contribution is -2.51. The van der Waals surface area contributed by atoms with E-state index in [-0.39, 0.29) is 13.1 Å². The molecule has 0 radical (unpaired) electrons. The minimum Gasteiger partial charge on any atom is -0.444 e. The smallest absolute Gasteiger partial charge is 0.407 e. The van der Waals surface area contributed by atoms with Crippen molar-refractivity contribution in [3.05, 3.63) is 34.3 Å². The zero-order valence-electron chi connectivity index (χ0n) is 21.8. The van der Waals surface area contributed by atoms with Crippen molar-refractivity contribution in [1.82, 2.24) is 15.5 Å². The number of hydrogen-bond donors (Lipinski definition) is 3. The van der Waals surface area contributed by atoms with Crippen molar-refractivity contribution in [2.24, 2.45) is 11.3 Å². The molecular weight excluding hydrogens is 515 g/mol. The van der Waals surface area contributed by atoms with Crippen LogP contribution in [0.2, 0.25) is 5.02 Å². The highest BCUT2D eigenvalue weighted by Gasteiger charge is 2.52. The van der Waals surface area contributed by atoms with Gasteiger partial charge in [-0.3, -0.25) is 9.59 Å². The van der Waals surface area contributed by atoms with E-state index in [0.29, 0.717) is 16.1 Å². The highest BCUT2D eigenvalue weighted by atomic mass is 35.5. The van der Waals surface area contributed by atoms with E-state index in [9.17, 15) is 32.7 Å². The van der Waals surface area contributed by atoms with Crippen LogP contribution in [-0.2, 0) is 27.4 Å². The van der Waals surface area contributed by atoms with Gasteiger partial charge in [-0.05, 0) is 55.9 Å². The summed E-state index contributed by atoms with van der Waals surface area (Å²) in [5.41, 5.74) is -0.493. The van der Waals surface area contributed by atoms with E-state index in [0.717, 1.165) is 4.90 Å². The van der Waals surface area contributed by atoms with Crippen molar-refractivity contribution < 1.29 is 37.4 Å². The van der Waals surface area contributed by atoms with Gasteiger partial charge in [0.1, 0.15) is 17.7 Å². The van der Waals surface area contributed by atoms with Crippen LogP contribution in [-0.4, -0.2) is 58.4 Å². The Balaban J connectivity index is 2.17. The number of hydrogen-bond acceptors (Lipinski definition) is 5. The minimum atomic E-state index is -4.60. The molecule has 1 aromatic carbocycles. The van der Waals surface area contributed by atoms with Crippen molar-refractivity contribution in [3.8, 4) is 0 Å². The molecular formula is C25H35ClF3N3O5. The second kappa shape index (κ2) is 11.5. The second-order valence-corrected chi connectivity index (χ2v) is 11.7. The monoisotopic (exact) mass is 549 g/mol. The van der Waals surface area contributed by atoms with Crippen molar-refractivity contribution in [3.63, 3.8) is 0 Å². The number of likely N-dealkylation sites (tertiary alicyclic amines) is 1. The van der Waals surface area contributed by atoms with Crippen LogP contribution < -0.4 is 10.6 Å². The van der Waals surface area contributed by atoms with E-state index >= 15 is 0 Å². The molecule has 1 aliphatic rings. The summed E-state index contributed by atoms with van der Waals surface area (Å²) in [5, 5.41) is 15.9. The number of rotatable bonds is 6. The number of benzene rings is 1. The molecule has 1 aliphatic heterocycles. The molecule has 3 atom stereocenters. The van der Waals surface area contributed by atoms with Gasteiger partial charge in [0.25, 0.3) is 5.91 Å². The molecule has 0 unspecified atom stereocenters. The van der Waals surface area contributed by atoms with Gasteiger partial charge in [0, 0.05) is 24.7 Å². The van der Waals surface area contributed by atoms with Gasteiger partial charge < -0.3 is 25.4 Å². The fourth-order valence-electron chi connectivity index (χ4n) is 3.81. The van der Waals surface area contributed by atoms with Crippen LogP contribution in [0.1, 0.15) is 59.1 Å². The Morgan fingerprint density at radius 3 is 2.22 bits per heavy atom. The number of nitrogens with zero attached hydrogens (tertiary/aromatic N) is 1. The first kappa shape index (κ1) is 30.7. The van der Waals surface area contributed by atoms with Gasteiger partial charge in [-0.15, -0.1) is 0 Å². The third-order valence-electron chi connectivity index (χ3n) is 5.85. The topological polar surface area (TPSA) is 108 Å². The van der Waals surface area contributed by atoms with E-state index in [1.807, 2.05) is 0 Å². The number of carbonyl (C=O) groups is 3. The van der Waals surface area contributed by atoms with Crippen molar-refractivity contribution >= 4 is 29.5 Å². The van der Waals surface area contributed by atoms with E-state index in [4.69, 9.17) is 16.3 Å². The van der Waals surface area contributed by atoms with Gasteiger partial charge in [0.15, 0.2) is 0 Å². The quantitative estimate of drug-likeness (QED) is 0.494. The Hall–Kier alpha value is -2.53. The Kier molecular flexibility index (Phi) is 9.51. The number of carbonyl (C=O) groups excluding carboxylic acids is 3. The standard InChI is InChI=1S/C25H35ClF3N3O5/c1-23(2,3)19(33)21(35)32-13-16(25(27,28)29)10-18(32)20(34)30-12-15-9-17(26)8-7-14(15)11-31-22(36)37-24(4,5)6/h7-9,16,18-19,33H,10-13H2,1-6H3,(H,30,34)(H,31,36)/t16-,18-,19+/m0/s1. The van der Waals surface area contributed by atoms with Gasteiger partial charge in [-0.25, -0.2) is 4.79 Å². The number of nitrogens with one attached hydrogen (secondary N) is 2. The number of ether oxygens (including phenoxy) is 1. The highest BCUT2D eigenvalue weighted by molar-refractivity contribution is 6.30. The van der Waals surface area contributed by atoms with Gasteiger partial charge in [0.2, 0.25) is 5.91 Å². The van der Waals surface area contributed by atoms with Gasteiger partial charge >= 0.3 is 12.3 Å². The molecule has 1 fully saturated rings. The predicted molar refractivity (Wildman–Crippen MR) is 131 cm³/mol. The summed E-state index contributed by atoms with van der Waals surface area (Å²) in [6.45, 7) is 9.12. The van der Waals surface area contributed by atoms with Crippen molar-refractivity contribution in [2.45, 2.75) is 85.0 Å². The Morgan fingerprint density at radius 1 is 1.08 bits per heavy atom. The van der Waals surface area contributed by atoms with Gasteiger partial charge in [0.05, 0.1) is 5.92 Å². The molecule has 37 heavy (non-hydrogen) atoms. The number of alkyl halides is 3. The van der Waals surface area contributed by atoms with E-state index in [1.54, 1.807) is 59.7 Å². The van der Waals surface area contributed by atoms with Crippen LogP contribution in [0, 0.1) is 11.3 Å². The Bertz CT molecular complexity index is 1000. The van der Waals surface area contributed by atoms with Crippen LogP contribution in [0.25, 0.3) is 0 Å². The van der Waals surface area contributed by atoms with Gasteiger partial charge in [-0.1, -0.05) is 38.4 Å². The second-order valence-electron chi connectivity index (χ2n) is 11.2. The van der Waals surface area contributed by atoms with Gasteiger partial charge in [-0.2, -0.15) is 13.2 Å². The first-order valence-electron chi connectivity index (χ1n) is 11.9. The maximum absolute atomic E-state index is 13.5. The molecule has 0 spiro atoms. The Labute approximate surface area is 219 Å².